The zero-order chi connectivity index (χ0) is 14.7. The standard InChI is InChI=1S/C12H18O2.C3H8.C2H6/c1-9-3-2-4-11(7-9)14-12-6-5-10(13)8-12;1-3-2;1-2/h8-9,11H,2-7H2,1H3;3H2,1-2H3;1-2H3. The Balaban J connectivity index is 0.000000573. The van der Waals surface area contributed by atoms with E-state index in [0.29, 0.717) is 12.5 Å². The van der Waals surface area contributed by atoms with E-state index < -0.39 is 0 Å². The molecule has 2 aliphatic carbocycles. The topological polar surface area (TPSA) is 26.3 Å². The zero-order valence-electron chi connectivity index (χ0n) is 13.5. The highest BCUT2D eigenvalue weighted by Gasteiger charge is 2.22. The summed E-state index contributed by atoms with van der Waals surface area (Å²) in [7, 11) is 0. The third kappa shape index (κ3) is 8.07. The Morgan fingerprint density at radius 1 is 1.21 bits per heavy atom. The Morgan fingerprint density at radius 2 is 1.84 bits per heavy atom. The van der Waals surface area contributed by atoms with Crippen molar-refractivity contribution in [2.75, 3.05) is 0 Å². The van der Waals surface area contributed by atoms with Crippen LogP contribution in [0.1, 0.15) is 79.6 Å². The van der Waals surface area contributed by atoms with Gasteiger partial charge < -0.3 is 4.74 Å². The Hall–Kier alpha value is -0.790. The molecule has 0 heterocycles. The van der Waals surface area contributed by atoms with Crippen LogP contribution in [-0.4, -0.2) is 11.9 Å². The fraction of sp³-hybridized carbons (Fsp3) is 0.824. The molecule has 2 unspecified atom stereocenters. The van der Waals surface area contributed by atoms with E-state index in [0.717, 1.165) is 30.9 Å². The number of hydrogen-bond acceptors (Lipinski definition) is 2. The van der Waals surface area contributed by atoms with Crippen molar-refractivity contribution in [3.8, 4) is 0 Å². The van der Waals surface area contributed by atoms with E-state index in [4.69, 9.17) is 4.74 Å². The average Bonchev–Trinajstić information content (AvgIpc) is 2.78. The van der Waals surface area contributed by atoms with Crippen molar-refractivity contribution >= 4 is 5.78 Å². The molecule has 2 atom stereocenters. The van der Waals surface area contributed by atoms with Crippen LogP contribution in [0.4, 0.5) is 0 Å². The van der Waals surface area contributed by atoms with E-state index in [1.807, 2.05) is 13.8 Å². The molecule has 0 aliphatic heterocycles. The molecule has 0 saturated heterocycles. The summed E-state index contributed by atoms with van der Waals surface area (Å²) in [6.45, 7) is 10.5. The van der Waals surface area contributed by atoms with Crippen LogP contribution in [0.15, 0.2) is 11.8 Å². The lowest BCUT2D eigenvalue weighted by Gasteiger charge is -2.27. The Labute approximate surface area is 119 Å². The van der Waals surface area contributed by atoms with Crippen LogP contribution in [0.2, 0.25) is 0 Å². The summed E-state index contributed by atoms with van der Waals surface area (Å²) in [5, 5.41) is 0. The molecule has 2 nitrogen and oxygen atoms in total. The third-order valence-electron chi connectivity index (χ3n) is 3.15. The molecule has 0 aromatic rings. The van der Waals surface area contributed by atoms with E-state index in [2.05, 4.69) is 20.8 Å². The maximum absolute atomic E-state index is 11.0. The van der Waals surface area contributed by atoms with Gasteiger partial charge in [0, 0.05) is 18.9 Å². The van der Waals surface area contributed by atoms with Gasteiger partial charge >= 0.3 is 0 Å². The summed E-state index contributed by atoms with van der Waals surface area (Å²) in [6, 6.07) is 0. The number of ether oxygens (including phenoxy) is 1. The van der Waals surface area contributed by atoms with E-state index in [-0.39, 0.29) is 5.78 Å². The molecule has 0 amide bonds. The molecule has 112 valence electrons. The predicted molar refractivity (Wildman–Crippen MR) is 82.1 cm³/mol. The minimum Gasteiger partial charge on any atom is -0.495 e. The van der Waals surface area contributed by atoms with Crippen molar-refractivity contribution < 1.29 is 9.53 Å². The molecule has 1 saturated carbocycles. The van der Waals surface area contributed by atoms with Gasteiger partial charge in [0.2, 0.25) is 0 Å². The molecule has 19 heavy (non-hydrogen) atoms. The molecular weight excluding hydrogens is 236 g/mol. The number of hydrogen-bond donors (Lipinski definition) is 0. The summed E-state index contributed by atoms with van der Waals surface area (Å²) < 4.78 is 5.83. The van der Waals surface area contributed by atoms with Crippen molar-refractivity contribution in [1.29, 1.82) is 0 Å². The normalized spacial score (nSPS) is 25.5. The lowest BCUT2D eigenvalue weighted by Crippen LogP contribution is -2.20. The molecule has 0 N–H and O–H groups in total. The van der Waals surface area contributed by atoms with Gasteiger partial charge in [0.1, 0.15) is 5.76 Å². The van der Waals surface area contributed by atoms with Crippen molar-refractivity contribution in [3.05, 3.63) is 11.8 Å². The quantitative estimate of drug-likeness (QED) is 0.682. The summed E-state index contributed by atoms with van der Waals surface area (Å²) in [4.78, 5) is 11.0. The van der Waals surface area contributed by atoms with Gasteiger partial charge in [-0.3, -0.25) is 4.79 Å². The van der Waals surface area contributed by atoms with E-state index in [1.165, 1.54) is 19.3 Å². The molecule has 0 radical (unpaired) electrons. The maximum Gasteiger partial charge on any atom is 0.159 e. The van der Waals surface area contributed by atoms with Gasteiger partial charge in [-0.05, 0) is 25.2 Å². The fourth-order valence-corrected chi connectivity index (χ4v) is 2.36. The van der Waals surface area contributed by atoms with Crippen LogP contribution >= 0.6 is 0 Å². The van der Waals surface area contributed by atoms with E-state index in [9.17, 15) is 4.79 Å². The van der Waals surface area contributed by atoms with Crippen LogP contribution in [0.25, 0.3) is 0 Å². The highest BCUT2D eigenvalue weighted by atomic mass is 16.5. The number of allylic oxidation sites excluding steroid dienone is 2. The lowest BCUT2D eigenvalue weighted by molar-refractivity contribution is -0.114. The number of carbonyl (C=O) groups is 1. The highest BCUT2D eigenvalue weighted by molar-refractivity contribution is 5.92. The second-order valence-electron chi connectivity index (χ2n) is 5.30. The summed E-state index contributed by atoms with van der Waals surface area (Å²) >= 11 is 0. The monoisotopic (exact) mass is 268 g/mol. The molecule has 0 aromatic heterocycles. The zero-order valence-corrected chi connectivity index (χ0v) is 13.5. The minimum absolute atomic E-state index is 0.226. The summed E-state index contributed by atoms with van der Waals surface area (Å²) in [6.07, 6.45) is 9.70. The molecule has 1 fully saturated rings. The average molecular weight is 268 g/mol. The van der Waals surface area contributed by atoms with Gasteiger partial charge in [-0.2, -0.15) is 0 Å². The van der Waals surface area contributed by atoms with Crippen molar-refractivity contribution in [2.24, 2.45) is 5.92 Å². The van der Waals surface area contributed by atoms with Crippen molar-refractivity contribution in [2.45, 2.75) is 85.7 Å². The molecular formula is C17H32O2. The summed E-state index contributed by atoms with van der Waals surface area (Å²) in [5.41, 5.74) is 0. The number of rotatable bonds is 2. The smallest absolute Gasteiger partial charge is 0.159 e. The van der Waals surface area contributed by atoms with Crippen LogP contribution in [0, 0.1) is 5.92 Å². The van der Waals surface area contributed by atoms with Gasteiger partial charge in [-0.25, -0.2) is 0 Å². The van der Waals surface area contributed by atoms with Crippen LogP contribution in [0.3, 0.4) is 0 Å². The lowest BCUT2D eigenvalue weighted by atomic mass is 9.89. The van der Waals surface area contributed by atoms with Gasteiger partial charge in [0.15, 0.2) is 5.78 Å². The SMILES string of the molecule is CC.CC1CCCC(OC2=CC(=O)CC2)C1.CCC. The Morgan fingerprint density at radius 3 is 2.32 bits per heavy atom. The molecule has 2 heteroatoms. The van der Waals surface area contributed by atoms with Crippen LogP contribution in [0.5, 0.6) is 0 Å². The first-order valence-corrected chi connectivity index (χ1v) is 8.05. The first kappa shape index (κ1) is 18.2. The molecule has 0 bridgehead atoms. The Kier molecular flexibility index (Phi) is 10.6. The molecule has 0 aromatic carbocycles. The van der Waals surface area contributed by atoms with Crippen LogP contribution < -0.4 is 0 Å². The third-order valence-corrected chi connectivity index (χ3v) is 3.15. The maximum atomic E-state index is 11.0. The second kappa shape index (κ2) is 11.1. The molecule has 2 aliphatic rings. The van der Waals surface area contributed by atoms with Gasteiger partial charge in [-0.1, -0.05) is 47.5 Å². The van der Waals surface area contributed by atoms with Crippen LogP contribution in [-0.2, 0) is 9.53 Å². The minimum atomic E-state index is 0.226. The predicted octanol–water partition coefficient (Wildman–Crippen LogP) is 5.27. The second-order valence-corrected chi connectivity index (χ2v) is 5.30. The number of carbonyl (C=O) groups excluding carboxylic acids is 1. The van der Waals surface area contributed by atoms with Gasteiger partial charge in [0.25, 0.3) is 0 Å². The summed E-state index contributed by atoms with van der Waals surface area (Å²) in [5.74, 6) is 1.93. The van der Waals surface area contributed by atoms with Gasteiger partial charge in [-0.15, -0.1) is 0 Å². The van der Waals surface area contributed by atoms with Crippen molar-refractivity contribution in [3.63, 3.8) is 0 Å². The largest absolute Gasteiger partial charge is 0.495 e. The van der Waals surface area contributed by atoms with E-state index in [1.54, 1.807) is 6.08 Å². The molecule has 0 spiro atoms. The molecule has 2 rings (SSSR count). The highest BCUT2D eigenvalue weighted by Crippen LogP contribution is 2.29. The first-order chi connectivity index (χ1) is 9.15. The Bertz CT molecular complexity index is 268. The van der Waals surface area contributed by atoms with E-state index >= 15 is 0 Å². The first-order valence-electron chi connectivity index (χ1n) is 8.05. The number of ketones is 1. The van der Waals surface area contributed by atoms with Gasteiger partial charge in [0.05, 0.1) is 6.10 Å². The van der Waals surface area contributed by atoms with Crippen molar-refractivity contribution in [1.82, 2.24) is 0 Å². The fourth-order valence-electron chi connectivity index (χ4n) is 2.36.